The van der Waals surface area contributed by atoms with Gasteiger partial charge in [-0.15, -0.1) is 0 Å². The number of carbonyl (C=O) groups is 1. The van der Waals surface area contributed by atoms with Crippen LogP contribution in [0.25, 0.3) is 0 Å². The maximum absolute atomic E-state index is 12.2. The molecule has 1 aromatic carbocycles. The third kappa shape index (κ3) is 4.80. The monoisotopic (exact) mass is 343 g/mol. The second-order valence-corrected chi connectivity index (χ2v) is 5.79. The van der Waals surface area contributed by atoms with Crippen molar-refractivity contribution in [2.45, 2.75) is 26.8 Å². The molecule has 0 amide bonds. The minimum atomic E-state index is -0.523. The van der Waals surface area contributed by atoms with E-state index in [0.717, 1.165) is 16.6 Å². The fourth-order valence-electron chi connectivity index (χ4n) is 1.83. The van der Waals surface area contributed by atoms with Crippen LogP contribution < -0.4 is 10.1 Å². The van der Waals surface area contributed by atoms with E-state index in [4.69, 9.17) is 9.47 Å². The van der Waals surface area contributed by atoms with Gasteiger partial charge in [0.15, 0.2) is 0 Å². The maximum Gasteiger partial charge on any atom is 0.327 e. The van der Waals surface area contributed by atoms with Gasteiger partial charge in [-0.3, -0.25) is 0 Å². The van der Waals surface area contributed by atoms with Gasteiger partial charge in [0.2, 0.25) is 0 Å². The van der Waals surface area contributed by atoms with E-state index >= 15 is 0 Å². The first-order valence-electron chi connectivity index (χ1n) is 6.73. The van der Waals surface area contributed by atoms with Crippen molar-refractivity contribution in [3.8, 4) is 5.75 Å². The average molecular weight is 344 g/mol. The zero-order valence-electron chi connectivity index (χ0n) is 12.4. The highest BCUT2D eigenvalue weighted by molar-refractivity contribution is 9.10. The second-order valence-electron chi connectivity index (χ2n) is 4.87. The van der Waals surface area contributed by atoms with Gasteiger partial charge >= 0.3 is 5.97 Å². The molecule has 0 saturated carbocycles. The number of benzene rings is 1. The summed E-state index contributed by atoms with van der Waals surface area (Å²) >= 11 is 3.43. The molecule has 0 fully saturated rings. The van der Waals surface area contributed by atoms with Gasteiger partial charge in [-0.2, -0.15) is 0 Å². The number of esters is 1. The molecule has 0 bridgehead atoms. The van der Waals surface area contributed by atoms with E-state index in [1.54, 1.807) is 14.0 Å². The van der Waals surface area contributed by atoms with Gasteiger partial charge in [-0.05, 0) is 37.6 Å². The Morgan fingerprint density at radius 2 is 2.10 bits per heavy atom. The highest BCUT2D eigenvalue weighted by Crippen LogP contribution is 2.29. The molecule has 0 aliphatic rings. The van der Waals surface area contributed by atoms with Crippen LogP contribution in [0.5, 0.6) is 5.75 Å². The van der Waals surface area contributed by atoms with Crippen molar-refractivity contribution in [1.29, 1.82) is 0 Å². The average Bonchev–Trinajstić information content (AvgIpc) is 2.39. The smallest absolute Gasteiger partial charge is 0.327 e. The predicted octanol–water partition coefficient (Wildman–Crippen LogP) is 3.31. The third-order valence-corrected chi connectivity index (χ3v) is 3.25. The number of carbonyl (C=O) groups excluding carboxylic acids is 1. The molecule has 1 aromatic rings. The lowest BCUT2D eigenvalue weighted by atomic mass is 10.0. The predicted molar refractivity (Wildman–Crippen MR) is 82.9 cm³/mol. The lowest BCUT2D eigenvalue weighted by Crippen LogP contribution is -2.33. The van der Waals surface area contributed by atoms with Crippen LogP contribution in [-0.2, 0) is 9.53 Å². The van der Waals surface area contributed by atoms with Gasteiger partial charge in [0.25, 0.3) is 0 Å². The molecule has 4 nitrogen and oxygen atoms in total. The number of halogens is 1. The number of rotatable bonds is 7. The Bertz CT molecular complexity index is 449. The lowest BCUT2D eigenvalue weighted by Gasteiger charge is -2.21. The quantitative estimate of drug-likeness (QED) is 0.771. The Kier molecular flexibility index (Phi) is 7.02. The standard InChI is InChI=1S/C15H22BrNO3/c1-5-20-15(18)14(17-9-10(2)3)12-8-11(16)6-7-13(12)19-4/h6-8,10,14,17H,5,9H2,1-4H3. The Labute approximate surface area is 129 Å². The van der Waals surface area contributed by atoms with Crippen molar-refractivity contribution in [1.82, 2.24) is 5.32 Å². The van der Waals surface area contributed by atoms with E-state index in [-0.39, 0.29) is 5.97 Å². The topological polar surface area (TPSA) is 47.6 Å². The largest absolute Gasteiger partial charge is 0.496 e. The van der Waals surface area contributed by atoms with Gasteiger partial charge in [0, 0.05) is 10.0 Å². The SMILES string of the molecule is CCOC(=O)C(NCC(C)C)c1cc(Br)ccc1OC. The van der Waals surface area contributed by atoms with Crippen LogP contribution >= 0.6 is 15.9 Å². The molecule has 112 valence electrons. The summed E-state index contributed by atoms with van der Waals surface area (Å²) in [6.07, 6.45) is 0. The molecule has 0 radical (unpaired) electrons. The molecule has 0 heterocycles. The van der Waals surface area contributed by atoms with Gasteiger partial charge in [-0.25, -0.2) is 4.79 Å². The minimum Gasteiger partial charge on any atom is -0.496 e. The van der Waals surface area contributed by atoms with Gasteiger partial charge < -0.3 is 14.8 Å². The van der Waals surface area contributed by atoms with Crippen LogP contribution in [0.1, 0.15) is 32.4 Å². The van der Waals surface area contributed by atoms with Crippen LogP contribution in [0.3, 0.4) is 0 Å². The summed E-state index contributed by atoms with van der Waals surface area (Å²) in [6, 6.07) is 5.08. The summed E-state index contributed by atoms with van der Waals surface area (Å²) in [7, 11) is 1.59. The molecule has 20 heavy (non-hydrogen) atoms. The molecule has 1 atom stereocenters. The first kappa shape index (κ1) is 17.0. The number of nitrogens with one attached hydrogen (secondary N) is 1. The third-order valence-electron chi connectivity index (χ3n) is 2.76. The molecule has 0 aliphatic heterocycles. The zero-order chi connectivity index (χ0) is 15.1. The van der Waals surface area contributed by atoms with Crippen molar-refractivity contribution in [3.63, 3.8) is 0 Å². The van der Waals surface area contributed by atoms with Gasteiger partial charge in [0.1, 0.15) is 11.8 Å². The summed E-state index contributed by atoms with van der Waals surface area (Å²) in [5, 5.41) is 3.25. The summed E-state index contributed by atoms with van der Waals surface area (Å²) in [4.78, 5) is 12.2. The summed E-state index contributed by atoms with van der Waals surface area (Å²) in [6.45, 7) is 7.06. The molecular formula is C15H22BrNO3. The number of hydrogen-bond acceptors (Lipinski definition) is 4. The highest BCUT2D eigenvalue weighted by Gasteiger charge is 2.25. The second kappa shape index (κ2) is 8.27. The van der Waals surface area contributed by atoms with E-state index in [0.29, 0.717) is 18.3 Å². The van der Waals surface area contributed by atoms with Crippen LogP contribution in [-0.4, -0.2) is 26.2 Å². The van der Waals surface area contributed by atoms with Crippen molar-refractivity contribution in [2.24, 2.45) is 5.92 Å². The van der Waals surface area contributed by atoms with Crippen molar-refractivity contribution < 1.29 is 14.3 Å². The summed E-state index contributed by atoms with van der Waals surface area (Å²) < 4.78 is 11.4. The van der Waals surface area contributed by atoms with E-state index < -0.39 is 6.04 Å². The van der Waals surface area contributed by atoms with E-state index in [1.807, 2.05) is 18.2 Å². The van der Waals surface area contributed by atoms with Crippen molar-refractivity contribution in [2.75, 3.05) is 20.3 Å². The number of hydrogen-bond donors (Lipinski definition) is 1. The normalized spacial score (nSPS) is 12.3. The molecule has 5 heteroatoms. The Morgan fingerprint density at radius 1 is 1.40 bits per heavy atom. The Balaban J connectivity index is 3.08. The fourth-order valence-corrected chi connectivity index (χ4v) is 2.21. The van der Waals surface area contributed by atoms with E-state index in [9.17, 15) is 4.79 Å². The van der Waals surface area contributed by atoms with Gasteiger partial charge in [0.05, 0.1) is 13.7 Å². The lowest BCUT2D eigenvalue weighted by molar-refractivity contribution is -0.145. The van der Waals surface area contributed by atoms with Crippen LogP contribution in [0.15, 0.2) is 22.7 Å². The zero-order valence-corrected chi connectivity index (χ0v) is 14.0. The van der Waals surface area contributed by atoms with Crippen molar-refractivity contribution >= 4 is 21.9 Å². The minimum absolute atomic E-state index is 0.287. The Morgan fingerprint density at radius 3 is 2.65 bits per heavy atom. The first-order chi connectivity index (χ1) is 9.49. The molecule has 1 rings (SSSR count). The van der Waals surface area contributed by atoms with Gasteiger partial charge in [-0.1, -0.05) is 29.8 Å². The maximum atomic E-state index is 12.2. The summed E-state index contributed by atoms with van der Waals surface area (Å²) in [5.41, 5.74) is 0.779. The van der Waals surface area contributed by atoms with Crippen LogP contribution in [0, 0.1) is 5.92 Å². The molecule has 0 saturated heterocycles. The molecule has 0 spiro atoms. The fraction of sp³-hybridized carbons (Fsp3) is 0.533. The van der Waals surface area contributed by atoms with Crippen LogP contribution in [0.2, 0.25) is 0 Å². The van der Waals surface area contributed by atoms with Crippen molar-refractivity contribution in [3.05, 3.63) is 28.2 Å². The molecule has 1 N–H and O–H groups in total. The van der Waals surface area contributed by atoms with E-state index in [2.05, 4.69) is 35.1 Å². The highest BCUT2D eigenvalue weighted by atomic mass is 79.9. The number of methoxy groups -OCH3 is 1. The Hall–Kier alpha value is -1.07. The molecular weight excluding hydrogens is 322 g/mol. The summed E-state index contributed by atoms with van der Waals surface area (Å²) in [5.74, 6) is 0.817. The molecule has 1 unspecified atom stereocenters. The molecule has 0 aromatic heterocycles. The first-order valence-corrected chi connectivity index (χ1v) is 7.52. The molecule has 0 aliphatic carbocycles. The van der Waals surface area contributed by atoms with E-state index in [1.165, 1.54) is 0 Å². The number of ether oxygens (including phenoxy) is 2. The van der Waals surface area contributed by atoms with Crippen LogP contribution in [0.4, 0.5) is 0 Å².